The van der Waals surface area contributed by atoms with E-state index in [4.69, 9.17) is 0 Å². The van der Waals surface area contributed by atoms with Gasteiger partial charge in [0.2, 0.25) is 0 Å². The standard InChI is InChI=1S/C16H21FN6O/c1-22-7-6-19-15(22)11-23-10-12(17)8-14(23)9-20-16(24)21-13-2-4-18-5-3-13/h2-7,12,14H,8-11H2,1H3,(H2,18,20,21,24)/t12-,14-/m0/s1. The van der Waals surface area contributed by atoms with Crippen LogP contribution in [0, 0.1) is 0 Å². The summed E-state index contributed by atoms with van der Waals surface area (Å²) in [5.41, 5.74) is 0.669. The number of nitrogens with one attached hydrogen (secondary N) is 2. The van der Waals surface area contributed by atoms with Crippen LogP contribution in [0.25, 0.3) is 0 Å². The number of aryl methyl sites for hydroxylation is 1. The molecule has 2 amide bonds. The van der Waals surface area contributed by atoms with Crippen LogP contribution in [-0.2, 0) is 13.6 Å². The zero-order valence-electron chi connectivity index (χ0n) is 13.5. The number of urea groups is 1. The molecular weight excluding hydrogens is 311 g/mol. The van der Waals surface area contributed by atoms with Crippen molar-refractivity contribution in [2.45, 2.75) is 25.2 Å². The number of carbonyl (C=O) groups excluding carboxylic acids is 1. The molecule has 128 valence electrons. The maximum absolute atomic E-state index is 13.8. The van der Waals surface area contributed by atoms with E-state index in [9.17, 15) is 9.18 Å². The molecule has 2 aromatic rings. The van der Waals surface area contributed by atoms with Crippen molar-refractivity contribution >= 4 is 11.7 Å². The van der Waals surface area contributed by atoms with Crippen LogP contribution >= 0.6 is 0 Å². The normalized spacial score (nSPS) is 20.9. The fraction of sp³-hybridized carbons (Fsp3) is 0.438. The first-order chi connectivity index (χ1) is 11.6. The van der Waals surface area contributed by atoms with Crippen molar-refractivity contribution in [1.29, 1.82) is 0 Å². The molecule has 0 aliphatic carbocycles. The number of alkyl halides is 1. The molecule has 0 bridgehead atoms. The predicted molar refractivity (Wildman–Crippen MR) is 88.2 cm³/mol. The van der Waals surface area contributed by atoms with Crippen LogP contribution in [-0.4, -0.2) is 50.8 Å². The number of pyridine rings is 1. The number of aromatic nitrogens is 3. The molecule has 0 unspecified atom stereocenters. The van der Waals surface area contributed by atoms with E-state index in [1.807, 2.05) is 22.7 Å². The molecule has 8 heteroatoms. The minimum atomic E-state index is -0.875. The van der Waals surface area contributed by atoms with Gasteiger partial charge in [0.25, 0.3) is 0 Å². The Kier molecular flexibility index (Phi) is 5.05. The van der Waals surface area contributed by atoms with Crippen LogP contribution in [0.2, 0.25) is 0 Å². The zero-order chi connectivity index (χ0) is 16.9. The minimum Gasteiger partial charge on any atom is -0.337 e. The monoisotopic (exact) mass is 332 g/mol. The Balaban J connectivity index is 1.53. The first-order valence-corrected chi connectivity index (χ1v) is 7.91. The number of hydrogen-bond donors (Lipinski definition) is 2. The fourth-order valence-corrected chi connectivity index (χ4v) is 2.88. The SMILES string of the molecule is Cn1ccnc1CN1C[C@@H](F)C[C@H]1CNC(=O)Nc1ccncc1. The summed E-state index contributed by atoms with van der Waals surface area (Å²) in [4.78, 5) is 22.2. The van der Waals surface area contributed by atoms with E-state index in [0.29, 0.717) is 31.7 Å². The van der Waals surface area contributed by atoms with Gasteiger partial charge >= 0.3 is 6.03 Å². The van der Waals surface area contributed by atoms with Crippen LogP contribution < -0.4 is 10.6 Å². The molecule has 0 radical (unpaired) electrons. The summed E-state index contributed by atoms with van der Waals surface area (Å²) in [6.45, 7) is 1.33. The highest BCUT2D eigenvalue weighted by Gasteiger charge is 2.32. The van der Waals surface area contributed by atoms with Gasteiger partial charge in [-0.25, -0.2) is 14.2 Å². The number of nitrogens with zero attached hydrogens (tertiary/aromatic N) is 4. The third-order valence-corrected chi connectivity index (χ3v) is 4.18. The number of hydrogen-bond acceptors (Lipinski definition) is 4. The van der Waals surface area contributed by atoms with Gasteiger partial charge in [0, 0.05) is 56.7 Å². The van der Waals surface area contributed by atoms with Crippen LogP contribution in [0.1, 0.15) is 12.2 Å². The summed E-state index contributed by atoms with van der Waals surface area (Å²) >= 11 is 0. The van der Waals surface area contributed by atoms with E-state index in [0.717, 1.165) is 5.82 Å². The van der Waals surface area contributed by atoms with Gasteiger partial charge in [0.05, 0.1) is 6.54 Å². The molecule has 2 atom stereocenters. The quantitative estimate of drug-likeness (QED) is 0.871. The van der Waals surface area contributed by atoms with Crippen molar-refractivity contribution in [3.63, 3.8) is 0 Å². The molecular formula is C16H21FN6O. The molecule has 24 heavy (non-hydrogen) atoms. The Morgan fingerprint density at radius 3 is 2.88 bits per heavy atom. The van der Waals surface area contributed by atoms with E-state index in [2.05, 4.69) is 20.6 Å². The smallest absolute Gasteiger partial charge is 0.319 e. The van der Waals surface area contributed by atoms with Crippen molar-refractivity contribution in [2.75, 3.05) is 18.4 Å². The Bertz CT molecular complexity index is 676. The van der Waals surface area contributed by atoms with Gasteiger partial charge in [0.15, 0.2) is 0 Å². The van der Waals surface area contributed by atoms with Gasteiger partial charge in [-0.15, -0.1) is 0 Å². The first-order valence-electron chi connectivity index (χ1n) is 7.91. The molecule has 0 aromatic carbocycles. The molecule has 3 rings (SSSR count). The topological polar surface area (TPSA) is 75.1 Å². The number of carbonyl (C=O) groups is 1. The molecule has 2 aromatic heterocycles. The van der Waals surface area contributed by atoms with Crippen LogP contribution in [0.3, 0.4) is 0 Å². The molecule has 3 heterocycles. The van der Waals surface area contributed by atoms with Crippen molar-refractivity contribution in [3.05, 3.63) is 42.7 Å². The van der Waals surface area contributed by atoms with Gasteiger partial charge in [-0.2, -0.15) is 0 Å². The second-order valence-electron chi connectivity index (χ2n) is 5.94. The van der Waals surface area contributed by atoms with Crippen LogP contribution in [0.15, 0.2) is 36.9 Å². The number of imidazole rings is 1. The molecule has 1 aliphatic rings. The van der Waals surface area contributed by atoms with Gasteiger partial charge in [-0.3, -0.25) is 9.88 Å². The molecule has 0 saturated carbocycles. The Labute approximate surface area is 139 Å². The van der Waals surface area contributed by atoms with Gasteiger partial charge in [-0.1, -0.05) is 0 Å². The highest BCUT2D eigenvalue weighted by atomic mass is 19.1. The lowest BCUT2D eigenvalue weighted by Crippen LogP contribution is -2.41. The predicted octanol–water partition coefficient (Wildman–Crippen LogP) is 1.55. The van der Waals surface area contributed by atoms with E-state index in [1.54, 1.807) is 30.7 Å². The Morgan fingerprint density at radius 2 is 2.17 bits per heavy atom. The maximum Gasteiger partial charge on any atom is 0.319 e. The summed E-state index contributed by atoms with van der Waals surface area (Å²) in [6, 6.07) is 3.07. The van der Waals surface area contributed by atoms with Crippen molar-refractivity contribution < 1.29 is 9.18 Å². The average molecular weight is 332 g/mol. The van der Waals surface area contributed by atoms with Crippen molar-refractivity contribution in [3.8, 4) is 0 Å². The number of anilines is 1. The number of amides is 2. The van der Waals surface area contributed by atoms with Gasteiger partial charge in [0.1, 0.15) is 12.0 Å². The lowest BCUT2D eigenvalue weighted by molar-refractivity contribution is 0.219. The Hall–Kier alpha value is -2.48. The molecule has 7 nitrogen and oxygen atoms in total. The summed E-state index contributed by atoms with van der Waals surface area (Å²) in [5, 5.41) is 5.54. The highest BCUT2D eigenvalue weighted by molar-refractivity contribution is 5.89. The van der Waals surface area contributed by atoms with Crippen LogP contribution in [0.4, 0.5) is 14.9 Å². The molecule has 2 N–H and O–H groups in total. The zero-order valence-corrected chi connectivity index (χ0v) is 13.5. The third-order valence-electron chi connectivity index (χ3n) is 4.18. The average Bonchev–Trinajstić information content (AvgIpc) is 3.12. The number of likely N-dealkylation sites (tertiary alicyclic amines) is 1. The van der Waals surface area contributed by atoms with E-state index in [1.165, 1.54) is 0 Å². The third kappa shape index (κ3) is 4.08. The Morgan fingerprint density at radius 1 is 1.38 bits per heavy atom. The summed E-state index contributed by atoms with van der Waals surface area (Å²) in [7, 11) is 1.92. The van der Waals surface area contributed by atoms with Crippen LogP contribution in [0.5, 0.6) is 0 Å². The lowest BCUT2D eigenvalue weighted by atomic mass is 10.2. The summed E-state index contributed by atoms with van der Waals surface area (Å²) in [5.74, 6) is 0.885. The molecule has 1 aliphatic heterocycles. The summed E-state index contributed by atoms with van der Waals surface area (Å²) in [6.07, 6.45) is 6.35. The largest absolute Gasteiger partial charge is 0.337 e. The lowest BCUT2D eigenvalue weighted by Gasteiger charge is -2.24. The second kappa shape index (κ2) is 7.39. The molecule has 1 saturated heterocycles. The fourth-order valence-electron chi connectivity index (χ4n) is 2.88. The second-order valence-corrected chi connectivity index (χ2v) is 5.94. The van der Waals surface area contributed by atoms with E-state index in [-0.39, 0.29) is 12.1 Å². The van der Waals surface area contributed by atoms with E-state index >= 15 is 0 Å². The number of halogens is 1. The van der Waals surface area contributed by atoms with Gasteiger partial charge < -0.3 is 15.2 Å². The maximum atomic E-state index is 13.8. The minimum absolute atomic E-state index is 0.0418. The van der Waals surface area contributed by atoms with E-state index < -0.39 is 6.17 Å². The van der Waals surface area contributed by atoms with Crippen molar-refractivity contribution in [1.82, 2.24) is 24.8 Å². The molecule has 1 fully saturated rings. The summed E-state index contributed by atoms with van der Waals surface area (Å²) < 4.78 is 15.7. The highest BCUT2D eigenvalue weighted by Crippen LogP contribution is 2.21. The first kappa shape index (κ1) is 16.4. The van der Waals surface area contributed by atoms with Crippen molar-refractivity contribution in [2.24, 2.45) is 7.05 Å². The number of rotatable bonds is 5. The van der Waals surface area contributed by atoms with Gasteiger partial charge in [-0.05, 0) is 18.6 Å². The molecule has 0 spiro atoms.